The van der Waals surface area contributed by atoms with Crippen LogP contribution in [0.1, 0.15) is 41.0 Å². The number of rotatable bonds is 6. The van der Waals surface area contributed by atoms with Crippen LogP contribution in [0.5, 0.6) is 5.75 Å². The van der Waals surface area contributed by atoms with E-state index in [-0.39, 0.29) is 18.1 Å². The van der Waals surface area contributed by atoms with Crippen molar-refractivity contribution < 1.29 is 14.3 Å². The molecular formula is C18H21NO3S. The van der Waals surface area contributed by atoms with Crippen LogP contribution in [0.15, 0.2) is 41.8 Å². The molecule has 1 amide bonds. The fourth-order valence-corrected chi connectivity index (χ4v) is 3.36. The van der Waals surface area contributed by atoms with Crippen molar-refractivity contribution in [1.29, 1.82) is 0 Å². The average Bonchev–Trinajstić information content (AvgIpc) is 3.26. The van der Waals surface area contributed by atoms with Crippen molar-refractivity contribution in [2.45, 2.75) is 31.9 Å². The minimum absolute atomic E-state index is 0.0197. The lowest BCUT2D eigenvalue weighted by Gasteiger charge is -2.16. The number of hydrogen-bond donors (Lipinski definition) is 1. The van der Waals surface area contributed by atoms with Crippen LogP contribution in [-0.2, 0) is 4.74 Å². The van der Waals surface area contributed by atoms with Gasteiger partial charge in [0.05, 0.1) is 17.7 Å². The van der Waals surface area contributed by atoms with Gasteiger partial charge in [0.2, 0.25) is 0 Å². The van der Waals surface area contributed by atoms with Gasteiger partial charge in [-0.1, -0.05) is 18.2 Å². The maximum Gasteiger partial charge on any atom is 0.255 e. The molecule has 1 aromatic carbocycles. The van der Waals surface area contributed by atoms with E-state index in [4.69, 9.17) is 9.47 Å². The van der Waals surface area contributed by atoms with E-state index in [1.165, 1.54) is 0 Å². The van der Waals surface area contributed by atoms with E-state index in [0.717, 1.165) is 24.3 Å². The van der Waals surface area contributed by atoms with Gasteiger partial charge >= 0.3 is 0 Å². The van der Waals surface area contributed by atoms with Gasteiger partial charge in [-0.2, -0.15) is 0 Å². The zero-order valence-corrected chi connectivity index (χ0v) is 14.0. The Labute approximate surface area is 140 Å². The lowest BCUT2D eigenvalue weighted by Crippen LogP contribution is -2.27. The number of para-hydroxylation sites is 1. The number of amides is 1. The second-order valence-electron chi connectivity index (χ2n) is 5.65. The van der Waals surface area contributed by atoms with Crippen molar-refractivity contribution in [2.75, 3.05) is 13.2 Å². The van der Waals surface area contributed by atoms with E-state index in [1.807, 2.05) is 42.6 Å². The smallest absolute Gasteiger partial charge is 0.255 e. The van der Waals surface area contributed by atoms with E-state index >= 15 is 0 Å². The lowest BCUT2D eigenvalue weighted by molar-refractivity contribution is 0.0670. The number of ether oxygens (including phenoxy) is 2. The Kier molecular flexibility index (Phi) is 5.31. The van der Waals surface area contributed by atoms with Gasteiger partial charge in [0, 0.05) is 11.5 Å². The van der Waals surface area contributed by atoms with Crippen molar-refractivity contribution in [1.82, 2.24) is 5.32 Å². The molecule has 5 heteroatoms. The molecule has 0 aliphatic carbocycles. The van der Waals surface area contributed by atoms with Gasteiger partial charge < -0.3 is 14.8 Å². The van der Waals surface area contributed by atoms with E-state index in [9.17, 15) is 4.79 Å². The number of thiophene rings is 1. The third-order valence-electron chi connectivity index (χ3n) is 3.90. The second kappa shape index (κ2) is 7.62. The molecule has 2 heterocycles. The molecule has 23 heavy (non-hydrogen) atoms. The zero-order chi connectivity index (χ0) is 16.1. The third-order valence-corrected chi connectivity index (χ3v) is 4.95. The van der Waals surface area contributed by atoms with Crippen LogP contribution in [0.25, 0.3) is 0 Å². The van der Waals surface area contributed by atoms with E-state index in [1.54, 1.807) is 17.4 Å². The first-order chi connectivity index (χ1) is 11.2. The number of carbonyl (C=O) groups excluding carboxylic acids is 1. The molecule has 0 saturated carbocycles. The Hall–Kier alpha value is -1.85. The summed E-state index contributed by atoms with van der Waals surface area (Å²) in [7, 11) is 0. The fraction of sp³-hybridized carbons (Fsp3) is 0.389. The molecule has 1 aromatic heterocycles. The highest BCUT2D eigenvalue weighted by Gasteiger charge is 2.19. The van der Waals surface area contributed by atoms with Gasteiger partial charge in [-0.05, 0) is 43.3 Å². The molecule has 2 atom stereocenters. The quantitative estimate of drug-likeness (QED) is 0.876. The Morgan fingerprint density at radius 1 is 1.39 bits per heavy atom. The molecule has 4 nitrogen and oxygen atoms in total. The van der Waals surface area contributed by atoms with E-state index in [0.29, 0.717) is 17.9 Å². The van der Waals surface area contributed by atoms with E-state index in [2.05, 4.69) is 5.32 Å². The molecule has 1 fully saturated rings. The van der Waals surface area contributed by atoms with Crippen LogP contribution < -0.4 is 10.1 Å². The summed E-state index contributed by atoms with van der Waals surface area (Å²) in [5.41, 5.74) is 0.564. The van der Waals surface area contributed by atoms with Gasteiger partial charge in [0.15, 0.2) is 0 Å². The fourth-order valence-electron chi connectivity index (χ4n) is 2.62. The minimum atomic E-state index is -0.117. The van der Waals surface area contributed by atoms with Gasteiger partial charge in [-0.15, -0.1) is 11.3 Å². The molecule has 0 unspecified atom stereocenters. The molecule has 3 rings (SSSR count). The van der Waals surface area contributed by atoms with Crippen LogP contribution in [0.4, 0.5) is 0 Å². The SMILES string of the molecule is C[C@H](NC(=O)c1ccccc1OC[C@@H]1CCCO1)c1cccs1. The maximum absolute atomic E-state index is 12.5. The summed E-state index contributed by atoms with van der Waals surface area (Å²) < 4.78 is 11.4. The van der Waals surface area contributed by atoms with Crippen LogP contribution in [0.3, 0.4) is 0 Å². The molecule has 1 aliphatic rings. The lowest BCUT2D eigenvalue weighted by atomic mass is 10.1. The maximum atomic E-state index is 12.5. The third kappa shape index (κ3) is 4.12. The highest BCUT2D eigenvalue weighted by Crippen LogP contribution is 2.23. The molecule has 1 aliphatic heterocycles. The Morgan fingerprint density at radius 2 is 2.26 bits per heavy atom. The summed E-state index contributed by atoms with van der Waals surface area (Å²) in [5, 5.41) is 5.04. The normalized spacial score (nSPS) is 18.6. The average molecular weight is 331 g/mol. The van der Waals surface area contributed by atoms with E-state index < -0.39 is 0 Å². The monoisotopic (exact) mass is 331 g/mol. The van der Waals surface area contributed by atoms with Gasteiger partial charge in [-0.3, -0.25) is 4.79 Å². The number of hydrogen-bond acceptors (Lipinski definition) is 4. The van der Waals surface area contributed by atoms with Crippen molar-refractivity contribution in [3.8, 4) is 5.75 Å². The topological polar surface area (TPSA) is 47.6 Å². The first kappa shape index (κ1) is 16.0. The zero-order valence-electron chi connectivity index (χ0n) is 13.2. The van der Waals surface area contributed by atoms with Gasteiger partial charge in [-0.25, -0.2) is 0 Å². The van der Waals surface area contributed by atoms with Crippen molar-refractivity contribution >= 4 is 17.2 Å². The van der Waals surface area contributed by atoms with Crippen molar-refractivity contribution in [3.05, 3.63) is 52.2 Å². The first-order valence-electron chi connectivity index (χ1n) is 7.92. The molecule has 0 spiro atoms. The van der Waals surface area contributed by atoms with Crippen molar-refractivity contribution in [3.63, 3.8) is 0 Å². The minimum Gasteiger partial charge on any atom is -0.490 e. The highest BCUT2D eigenvalue weighted by atomic mass is 32.1. The van der Waals surface area contributed by atoms with Gasteiger partial charge in [0.1, 0.15) is 12.4 Å². The second-order valence-corrected chi connectivity index (χ2v) is 6.63. The summed E-state index contributed by atoms with van der Waals surface area (Å²) in [5.74, 6) is 0.493. The van der Waals surface area contributed by atoms with Gasteiger partial charge in [0.25, 0.3) is 5.91 Å². The summed E-state index contributed by atoms with van der Waals surface area (Å²) in [6.07, 6.45) is 2.23. The molecule has 0 radical (unpaired) electrons. The molecule has 1 saturated heterocycles. The highest BCUT2D eigenvalue weighted by molar-refractivity contribution is 7.10. The largest absolute Gasteiger partial charge is 0.490 e. The number of carbonyl (C=O) groups is 1. The molecule has 2 aromatic rings. The molecule has 1 N–H and O–H groups in total. The van der Waals surface area contributed by atoms with Crippen LogP contribution in [0, 0.1) is 0 Å². The standard InChI is InChI=1S/C18H21NO3S/c1-13(17-9-5-11-23-17)19-18(20)15-7-2-3-8-16(15)22-12-14-6-4-10-21-14/h2-3,5,7-9,11,13-14H,4,6,10,12H2,1H3,(H,19,20)/t13-,14-/m0/s1. The van der Waals surface area contributed by atoms with Crippen LogP contribution in [0.2, 0.25) is 0 Å². The summed E-state index contributed by atoms with van der Waals surface area (Å²) >= 11 is 1.64. The summed E-state index contributed by atoms with van der Waals surface area (Å²) in [6.45, 7) is 3.28. The summed E-state index contributed by atoms with van der Waals surface area (Å²) in [4.78, 5) is 13.7. The number of nitrogens with one attached hydrogen (secondary N) is 1. The predicted octanol–water partition coefficient (Wildman–Crippen LogP) is 3.80. The predicted molar refractivity (Wildman–Crippen MR) is 91.1 cm³/mol. The number of benzene rings is 1. The van der Waals surface area contributed by atoms with Crippen LogP contribution >= 0.6 is 11.3 Å². The molecule has 0 bridgehead atoms. The van der Waals surface area contributed by atoms with Crippen molar-refractivity contribution in [2.24, 2.45) is 0 Å². The first-order valence-corrected chi connectivity index (χ1v) is 8.79. The Bertz CT molecular complexity index is 635. The Morgan fingerprint density at radius 3 is 3.00 bits per heavy atom. The molecular weight excluding hydrogens is 310 g/mol. The van der Waals surface area contributed by atoms with Crippen LogP contribution in [-0.4, -0.2) is 25.2 Å². The molecule has 122 valence electrons. The Balaban J connectivity index is 1.65. The summed E-state index contributed by atoms with van der Waals surface area (Å²) in [6, 6.07) is 11.3.